The summed E-state index contributed by atoms with van der Waals surface area (Å²) in [5.41, 5.74) is 8.14. The van der Waals surface area contributed by atoms with Gasteiger partial charge in [-0.15, -0.1) is 0 Å². The van der Waals surface area contributed by atoms with Gasteiger partial charge in [-0.1, -0.05) is 117 Å². The van der Waals surface area contributed by atoms with Gasteiger partial charge in [0.05, 0.1) is 0 Å². The molecule has 0 amide bonds. The highest BCUT2D eigenvalue weighted by atomic mass is 14.7. The van der Waals surface area contributed by atoms with E-state index in [2.05, 4.69) is 134 Å². The molecule has 0 spiro atoms. The molecule has 0 fully saturated rings. The zero-order valence-corrected chi connectivity index (χ0v) is 22.7. The first kappa shape index (κ1) is 28.6. The number of aromatic nitrogens is 1. The Morgan fingerprint density at radius 2 is 1.12 bits per heavy atom. The highest BCUT2D eigenvalue weighted by Crippen LogP contribution is 2.16. The first-order chi connectivity index (χ1) is 15.7. The Morgan fingerprint density at radius 1 is 0.545 bits per heavy atom. The molecule has 0 N–H and O–H groups in total. The second kappa shape index (κ2) is 15.4. The summed E-state index contributed by atoms with van der Waals surface area (Å²) in [5.74, 6) is 1.85. The fourth-order valence-corrected chi connectivity index (χ4v) is 3.33. The highest BCUT2D eigenvalue weighted by Gasteiger charge is 2.00. The van der Waals surface area contributed by atoms with Gasteiger partial charge >= 0.3 is 0 Å². The van der Waals surface area contributed by atoms with Gasteiger partial charge in [-0.2, -0.15) is 0 Å². The maximum atomic E-state index is 4.49. The summed E-state index contributed by atoms with van der Waals surface area (Å²) >= 11 is 0. The average Bonchev–Trinajstić information content (AvgIpc) is 2.84. The van der Waals surface area contributed by atoms with Crippen molar-refractivity contribution in [2.24, 2.45) is 0 Å². The van der Waals surface area contributed by atoms with Crippen molar-refractivity contribution in [3.8, 4) is 0 Å². The van der Waals surface area contributed by atoms with Crippen LogP contribution < -0.4 is 0 Å². The third-order valence-electron chi connectivity index (χ3n) is 5.86. The van der Waals surface area contributed by atoms with Crippen molar-refractivity contribution >= 4 is 0 Å². The van der Waals surface area contributed by atoms with Crippen LogP contribution in [0.1, 0.15) is 114 Å². The van der Waals surface area contributed by atoms with Crippen LogP contribution in [0.25, 0.3) is 0 Å². The Hall–Kier alpha value is -2.41. The van der Waals surface area contributed by atoms with Crippen LogP contribution in [-0.4, -0.2) is 4.98 Å². The van der Waals surface area contributed by atoms with Crippen molar-refractivity contribution in [1.29, 1.82) is 0 Å². The number of hydrogen-bond acceptors (Lipinski definition) is 1. The lowest BCUT2D eigenvalue weighted by Crippen LogP contribution is -1.95. The monoisotopic (exact) mass is 445 g/mol. The molecule has 180 valence electrons. The topological polar surface area (TPSA) is 12.9 Å². The first-order valence-corrected chi connectivity index (χ1v) is 12.8. The largest absolute Gasteiger partial charge is 0.258 e. The number of benzene rings is 2. The molecule has 1 heterocycles. The minimum absolute atomic E-state index is 0.543. The molecule has 0 bridgehead atoms. The van der Waals surface area contributed by atoms with Crippen LogP contribution in [0.2, 0.25) is 0 Å². The van der Waals surface area contributed by atoms with Gasteiger partial charge in [0.25, 0.3) is 0 Å². The number of pyridine rings is 1. The van der Waals surface area contributed by atoms with Crippen LogP contribution in [0, 0.1) is 0 Å². The quantitative estimate of drug-likeness (QED) is 0.368. The Bertz CT molecular complexity index is 852. The summed E-state index contributed by atoms with van der Waals surface area (Å²) in [6, 6.07) is 24.0. The van der Waals surface area contributed by atoms with E-state index in [4.69, 9.17) is 0 Å². The SMILES string of the molecule is CCc1ccc(C(C)C)cc1.CCc1cccc(C(C)C)c1.CCc1cccc(C(C)C)n1. The van der Waals surface area contributed by atoms with Crippen LogP contribution in [0.5, 0.6) is 0 Å². The fourth-order valence-electron chi connectivity index (χ4n) is 3.33. The second-order valence-corrected chi connectivity index (χ2v) is 9.57. The minimum atomic E-state index is 0.543. The molecule has 0 saturated carbocycles. The number of nitrogens with zero attached hydrogens (tertiary/aromatic N) is 1. The molecule has 0 aliphatic carbocycles. The van der Waals surface area contributed by atoms with E-state index in [1.54, 1.807) is 0 Å². The lowest BCUT2D eigenvalue weighted by molar-refractivity contribution is 0.807. The van der Waals surface area contributed by atoms with E-state index in [-0.39, 0.29) is 0 Å². The van der Waals surface area contributed by atoms with E-state index < -0.39 is 0 Å². The number of rotatable bonds is 6. The van der Waals surface area contributed by atoms with E-state index in [0.717, 1.165) is 19.3 Å². The number of aryl methyl sites for hydroxylation is 3. The molecular weight excluding hydrogens is 398 g/mol. The van der Waals surface area contributed by atoms with Gasteiger partial charge in [-0.3, -0.25) is 4.98 Å². The van der Waals surface area contributed by atoms with Crippen LogP contribution in [-0.2, 0) is 19.3 Å². The van der Waals surface area contributed by atoms with E-state index >= 15 is 0 Å². The summed E-state index contributed by atoms with van der Waals surface area (Å²) in [6.45, 7) is 19.8. The second-order valence-electron chi connectivity index (χ2n) is 9.57. The molecule has 1 nitrogen and oxygen atoms in total. The van der Waals surface area contributed by atoms with Crippen LogP contribution >= 0.6 is 0 Å². The molecule has 1 aromatic heterocycles. The van der Waals surface area contributed by atoms with Gasteiger partial charge in [-0.05, 0) is 71.4 Å². The van der Waals surface area contributed by atoms with Crippen molar-refractivity contribution in [2.45, 2.75) is 99.3 Å². The van der Waals surface area contributed by atoms with Gasteiger partial charge in [0, 0.05) is 11.4 Å². The molecule has 0 unspecified atom stereocenters. The predicted octanol–water partition coefficient (Wildman–Crippen LogP) is 9.51. The summed E-state index contributed by atoms with van der Waals surface area (Å²) in [5, 5.41) is 0. The van der Waals surface area contributed by atoms with Gasteiger partial charge in [0.2, 0.25) is 0 Å². The first-order valence-electron chi connectivity index (χ1n) is 12.8. The summed E-state index contributed by atoms with van der Waals surface area (Å²) in [7, 11) is 0. The van der Waals surface area contributed by atoms with E-state index in [1.807, 2.05) is 0 Å². The lowest BCUT2D eigenvalue weighted by Gasteiger charge is -2.05. The molecular formula is C32H47N. The van der Waals surface area contributed by atoms with Gasteiger partial charge in [0.1, 0.15) is 0 Å². The van der Waals surface area contributed by atoms with Crippen molar-refractivity contribution in [2.75, 3.05) is 0 Å². The Balaban J connectivity index is 0.000000247. The van der Waals surface area contributed by atoms with Crippen molar-refractivity contribution in [1.82, 2.24) is 4.98 Å². The third-order valence-corrected chi connectivity index (χ3v) is 5.86. The van der Waals surface area contributed by atoms with E-state index in [9.17, 15) is 0 Å². The molecule has 0 radical (unpaired) electrons. The fraction of sp³-hybridized carbons (Fsp3) is 0.469. The Morgan fingerprint density at radius 3 is 1.61 bits per heavy atom. The molecule has 2 aromatic carbocycles. The molecule has 0 saturated heterocycles. The zero-order chi connectivity index (χ0) is 24.8. The molecule has 33 heavy (non-hydrogen) atoms. The van der Waals surface area contributed by atoms with Crippen molar-refractivity contribution < 1.29 is 0 Å². The molecule has 0 atom stereocenters. The van der Waals surface area contributed by atoms with Crippen molar-refractivity contribution in [3.63, 3.8) is 0 Å². The molecule has 0 aliphatic heterocycles. The highest BCUT2D eigenvalue weighted by molar-refractivity contribution is 5.26. The standard InChI is InChI=1S/2C11H16.C10H15N/c1-4-10-5-7-11(8-6-10)9(2)3;1-4-10-6-5-7-11(8-10)9(2)3;1-4-9-6-5-7-10(11-9)8(2)3/h2*5-9H,4H2,1-3H3;5-8H,4H2,1-3H3. The number of hydrogen-bond donors (Lipinski definition) is 0. The Labute approximate surface area is 204 Å². The maximum absolute atomic E-state index is 4.49. The zero-order valence-electron chi connectivity index (χ0n) is 22.7. The predicted molar refractivity (Wildman–Crippen MR) is 148 cm³/mol. The summed E-state index contributed by atoms with van der Waals surface area (Å²) < 4.78 is 0. The van der Waals surface area contributed by atoms with E-state index in [1.165, 1.54) is 33.6 Å². The third kappa shape index (κ3) is 10.8. The molecule has 1 heteroatoms. The van der Waals surface area contributed by atoms with Gasteiger partial charge in [0.15, 0.2) is 0 Å². The van der Waals surface area contributed by atoms with Gasteiger partial charge in [-0.25, -0.2) is 0 Å². The summed E-state index contributed by atoms with van der Waals surface area (Å²) in [6.07, 6.45) is 3.31. The van der Waals surface area contributed by atoms with E-state index in [0.29, 0.717) is 17.8 Å². The van der Waals surface area contributed by atoms with Crippen LogP contribution in [0.3, 0.4) is 0 Å². The van der Waals surface area contributed by atoms with Crippen molar-refractivity contribution in [3.05, 3.63) is 100 Å². The minimum Gasteiger partial charge on any atom is -0.258 e. The summed E-state index contributed by atoms with van der Waals surface area (Å²) in [4.78, 5) is 4.49. The molecule has 3 aromatic rings. The average molecular weight is 446 g/mol. The molecule has 3 rings (SSSR count). The maximum Gasteiger partial charge on any atom is 0.0432 e. The van der Waals surface area contributed by atoms with Crippen LogP contribution in [0.15, 0.2) is 66.7 Å². The normalized spacial score (nSPS) is 10.5. The molecule has 0 aliphatic rings. The Kier molecular flexibility index (Phi) is 13.4. The van der Waals surface area contributed by atoms with Crippen LogP contribution in [0.4, 0.5) is 0 Å². The van der Waals surface area contributed by atoms with Gasteiger partial charge < -0.3 is 0 Å². The smallest absolute Gasteiger partial charge is 0.0432 e. The lowest BCUT2D eigenvalue weighted by atomic mass is 10.0.